The van der Waals surface area contributed by atoms with E-state index in [-0.39, 0.29) is 0 Å². The van der Waals surface area contributed by atoms with Crippen LogP contribution in [0.15, 0.2) is 24.5 Å². The topological polar surface area (TPSA) is 68.9 Å². The van der Waals surface area contributed by atoms with Crippen LogP contribution in [0.3, 0.4) is 0 Å². The summed E-state index contributed by atoms with van der Waals surface area (Å²) in [7, 11) is 0. The summed E-state index contributed by atoms with van der Waals surface area (Å²) in [5.41, 5.74) is 0.492. The maximum atomic E-state index is 9.01. The monoisotopic (exact) mass is 354 g/mol. The van der Waals surface area contributed by atoms with Crippen molar-refractivity contribution in [2.24, 2.45) is 5.92 Å². The van der Waals surface area contributed by atoms with Crippen molar-refractivity contribution in [2.45, 2.75) is 25.8 Å². The first kappa shape index (κ1) is 16.1. The maximum Gasteiger partial charge on any atom is 0.147 e. The minimum absolute atomic E-state index is 0.363. The molecule has 6 nitrogen and oxygen atoms in total. The third-order valence-electron chi connectivity index (χ3n) is 5.17. The first-order valence-corrected chi connectivity index (χ1v) is 8.90. The average molecular weight is 355 g/mol. The van der Waals surface area contributed by atoms with E-state index in [2.05, 4.69) is 30.8 Å². The fourth-order valence-corrected chi connectivity index (χ4v) is 4.21. The van der Waals surface area contributed by atoms with Crippen LogP contribution in [-0.2, 0) is 0 Å². The zero-order valence-electron chi connectivity index (χ0n) is 14.1. The second-order valence-electron chi connectivity index (χ2n) is 6.65. The Hall–Kier alpha value is -2.39. The second-order valence-corrected chi connectivity index (χ2v) is 7.05. The summed E-state index contributed by atoms with van der Waals surface area (Å²) in [4.78, 5) is 17.8. The number of halogens is 1. The van der Waals surface area contributed by atoms with Crippen LogP contribution in [0.5, 0.6) is 0 Å². The Morgan fingerprint density at radius 3 is 2.88 bits per heavy atom. The van der Waals surface area contributed by atoms with Gasteiger partial charge in [-0.25, -0.2) is 15.0 Å². The van der Waals surface area contributed by atoms with Gasteiger partial charge in [-0.05, 0) is 37.8 Å². The van der Waals surface area contributed by atoms with Crippen LogP contribution in [-0.4, -0.2) is 40.6 Å². The summed E-state index contributed by atoms with van der Waals surface area (Å²) in [6.45, 7) is 4.78. The molecule has 128 valence electrons. The van der Waals surface area contributed by atoms with Crippen molar-refractivity contribution >= 4 is 23.2 Å². The lowest BCUT2D eigenvalue weighted by atomic mass is 9.92. The number of anilines is 2. The number of nitriles is 1. The van der Waals surface area contributed by atoms with Gasteiger partial charge in [0.2, 0.25) is 0 Å². The number of aryl methyl sites for hydroxylation is 1. The lowest BCUT2D eigenvalue weighted by Crippen LogP contribution is -2.49. The van der Waals surface area contributed by atoms with Crippen LogP contribution in [0, 0.1) is 24.2 Å². The van der Waals surface area contributed by atoms with Gasteiger partial charge in [0, 0.05) is 32.0 Å². The summed E-state index contributed by atoms with van der Waals surface area (Å²) in [5.74, 6) is 3.21. The molecule has 2 aromatic heterocycles. The number of hydrogen-bond donors (Lipinski definition) is 0. The van der Waals surface area contributed by atoms with Crippen LogP contribution in [0.25, 0.3) is 0 Å². The van der Waals surface area contributed by atoms with E-state index in [1.165, 1.54) is 0 Å². The molecule has 2 saturated heterocycles. The number of hydrogen-bond acceptors (Lipinski definition) is 6. The highest BCUT2D eigenvalue weighted by atomic mass is 35.5. The summed E-state index contributed by atoms with van der Waals surface area (Å²) < 4.78 is 0. The van der Waals surface area contributed by atoms with E-state index in [9.17, 15) is 0 Å². The van der Waals surface area contributed by atoms with Crippen molar-refractivity contribution in [2.75, 3.05) is 29.4 Å². The smallest absolute Gasteiger partial charge is 0.147 e. The number of aromatic nitrogens is 3. The summed E-state index contributed by atoms with van der Waals surface area (Å²) in [5, 5.41) is 9.56. The van der Waals surface area contributed by atoms with Gasteiger partial charge in [0.1, 0.15) is 23.5 Å². The van der Waals surface area contributed by atoms with Crippen molar-refractivity contribution in [3.63, 3.8) is 0 Å². The van der Waals surface area contributed by atoms with Gasteiger partial charge >= 0.3 is 0 Å². The molecule has 2 aliphatic heterocycles. The molecule has 0 amide bonds. The highest BCUT2D eigenvalue weighted by Crippen LogP contribution is 2.37. The molecule has 7 heteroatoms. The molecule has 0 spiro atoms. The van der Waals surface area contributed by atoms with Crippen LogP contribution >= 0.6 is 11.6 Å². The Morgan fingerprint density at radius 1 is 1.28 bits per heavy atom. The van der Waals surface area contributed by atoms with Gasteiger partial charge in [-0.3, -0.25) is 0 Å². The largest absolute Gasteiger partial charge is 0.354 e. The molecule has 4 rings (SSSR count). The van der Waals surface area contributed by atoms with E-state index in [1.54, 1.807) is 12.3 Å². The SMILES string of the molecule is Cc1nccc(N2CCC3CCN(c4ncc(C#N)cc4Cl)C3C2)n1. The Kier molecular flexibility index (Phi) is 4.18. The first-order chi connectivity index (χ1) is 12.2. The molecule has 0 radical (unpaired) electrons. The number of fused-ring (bicyclic) bond motifs is 1. The molecule has 0 saturated carbocycles. The molecule has 0 N–H and O–H groups in total. The van der Waals surface area contributed by atoms with Gasteiger partial charge in [0.15, 0.2) is 0 Å². The van der Waals surface area contributed by atoms with Gasteiger partial charge in [0.05, 0.1) is 16.6 Å². The average Bonchev–Trinajstić information content (AvgIpc) is 3.04. The van der Waals surface area contributed by atoms with E-state index in [0.717, 1.165) is 49.9 Å². The van der Waals surface area contributed by atoms with Gasteiger partial charge < -0.3 is 9.80 Å². The molecular weight excluding hydrogens is 336 g/mol. The van der Waals surface area contributed by atoms with Gasteiger partial charge in [-0.1, -0.05) is 11.6 Å². The van der Waals surface area contributed by atoms with E-state index in [1.807, 2.05) is 19.2 Å². The summed E-state index contributed by atoms with van der Waals surface area (Å²) >= 11 is 6.40. The lowest BCUT2D eigenvalue weighted by molar-refractivity contribution is 0.388. The van der Waals surface area contributed by atoms with E-state index >= 15 is 0 Å². The predicted octanol–water partition coefficient (Wildman–Crippen LogP) is 2.81. The zero-order valence-corrected chi connectivity index (χ0v) is 14.8. The molecule has 2 fully saturated rings. The highest BCUT2D eigenvalue weighted by Gasteiger charge is 2.40. The molecule has 2 aliphatic rings. The third kappa shape index (κ3) is 3.00. The third-order valence-corrected chi connectivity index (χ3v) is 5.45. The van der Waals surface area contributed by atoms with Crippen LogP contribution in [0.1, 0.15) is 24.2 Å². The van der Waals surface area contributed by atoms with Gasteiger partial charge in [-0.2, -0.15) is 5.26 Å². The molecule has 2 atom stereocenters. The molecule has 0 aliphatic carbocycles. The highest BCUT2D eigenvalue weighted by molar-refractivity contribution is 6.33. The van der Waals surface area contributed by atoms with Crippen molar-refractivity contribution in [3.8, 4) is 6.07 Å². The van der Waals surface area contributed by atoms with Crippen molar-refractivity contribution in [3.05, 3.63) is 40.9 Å². The molecule has 0 aromatic carbocycles. The Bertz CT molecular complexity index is 833. The van der Waals surface area contributed by atoms with Gasteiger partial charge in [-0.15, -0.1) is 0 Å². The van der Waals surface area contributed by atoms with Crippen molar-refractivity contribution in [1.82, 2.24) is 15.0 Å². The van der Waals surface area contributed by atoms with Crippen molar-refractivity contribution < 1.29 is 0 Å². The molecular formula is C18H19ClN6. The zero-order chi connectivity index (χ0) is 17.4. The van der Waals surface area contributed by atoms with Crippen molar-refractivity contribution in [1.29, 1.82) is 5.26 Å². The number of nitrogens with zero attached hydrogens (tertiary/aromatic N) is 6. The van der Waals surface area contributed by atoms with E-state index in [4.69, 9.17) is 16.9 Å². The molecule has 25 heavy (non-hydrogen) atoms. The normalized spacial score (nSPS) is 22.6. The second kappa shape index (κ2) is 6.49. The summed E-state index contributed by atoms with van der Waals surface area (Å²) in [6, 6.07) is 6.12. The van der Waals surface area contributed by atoms with Crippen LogP contribution < -0.4 is 9.80 Å². The molecule has 2 unspecified atom stereocenters. The molecule has 2 aromatic rings. The van der Waals surface area contributed by atoms with Crippen LogP contribution in [0.4, 0.5) is 11.6 Å². The van der Waals surface area contributed by atoms with Gasteiger partial charge in [0.25, 0.3) is 0 Å². The van der Waals surface area contributed by atoms with E-state index < -0.39 is 0 Å². The summed E-state index contributed by atoms with van der Waals surface area (Å²) in [6.07, 6.45) is 5.70. The molecule has 4 heterocycles. The quantitative estimate of drug-likeness (QED) is 0.826. The first-order valence-electron chi connectivity index (χ1n) is 8.52. The minimum Gasteiger partial charge on any atom is -0.354 e. The standard InChI is InChI=1S/C18H19ClN6/c1-12-21-5-2-17(23-12)24-6-3-14-4-7-25(16(14)11-24)18-15(19)8-13(9-20)10-22-18/h2,5,8,10,14,16H,3-4,6-7,11H2,1H3. The van der Waals surface area contributed by atoms with E-state index in [0.29, 0.717) is 22.5 Å². The fraction of sp³-hybridized carbons (Fsp3) is 0.444. The van der Waals surface area contributed by atoms with Crippen LogP contribution in [0.2, 0.25) is 5.02 Å². The maximum absolute atomic E-state index is 9.01. The Balaban J connectivity index is 1.59. The lowest BCUT2D eigenvalue weighted by Gasteiger charge is -2.39. The predicted molar refractivity (Wildman–Crippen MR) is 96.8 cm³/mol. The minimum atomic E-state index is 0.363. The number of piperidine rings is 1. The molecule has 0 bridgehead atoms. The number of rotatable bonds is 2. The fourth-order valence-electron chi connectivity index (χ4n) is 3.93. The Labute approximate surface area is 152 Å². The number of pyridine rings is 1. The Morgan fingerprint density at radius 2 is 2.12 bits per heavy atom.